The summed E-state index contributed by atoms with van der Waals surface area (Å²) in [6.07, 6.45) is 2.33. The molecule has 0 aliphatic carbocycles. The minimum atomic E-state index is -0.665. The van der Waals surface area contributed by atoms with E-state index in [1.54, 1.807) is 11.0 Å². The molecule has 100 valence electrons. The number of ether oxygens (including phenoxy) is 1. The smallest absolute Gasteiger partial charge is 0.346 e. The second-order valence-electron chi connectivity index (χ2n) is 6.09. The SMILES string of the molecule is C=CCN1C(=O)N=C(N)C12CC(C)(C)OC2(C)C. The monoisotopic (exact) mass is 251 g/mol. The molecule has 2 aliphatic rings. The Bertz CT molecular complexity index is 440. The summed E-state index contributed by atoms with van der Waals surface area (Å²) in [5.41, 5.74) is 4.48. The maximum atomic E-state index is 12.0. The zero-order valence-corrected chi connectivity index (χ0v) is 11.5. The zero-order valence-electron chi connectivity index (χ0n) is 11.5. The first-order valence-corrected chi connectivity index (χ1v) is 6.14. The van der Waals surface area contributed by atoms with Crippen LogP contribution < -0.4 is 5.73 Å². The highest BCUT2D eigenvalue weighted by Gasteiger charge is 2.65. The van der Waals surface area contributed by atoms with Crippen molar-refractivity contribution in [3.63, 3.8) is 0 Å². The number of amides is 2. The van der Waals surface area contributed by atoms with E-state index < -0.39 is 11.1 Å². The Morgan fingerprint density at radius 3 is 2.56 bits per heavy atom. The van der Waals surface area contributed by atoms with Crippen molar-refractivity contribution in [2.75, 3.05) is 6.54 Å². The van der Waals surface area contributed by atoms with Crippen molar-refractivity contribution in [2.24, 2.45) is 10.7 Å². The van der Waals surface area contributed by atoms with Crippen molar-refractivity contribution in [1.82, 2.24) is 4.90 Å². The van der Waals surface area contributed by atoms with Gasteiger partial charge in [0.05, 0.1) is 11.2 Å². The molecule has 0 aromatic heterocycles. The van der Waals surface area contributed by atoms with Crippen LogP contribution in [0.15, 0.2) is 17.6 Å². The Morgan fingerprint density at radius 1 is 1.50 bits per heavy atom. The maximum Gasteiger partial charge on any atom is 0.346 e. The van der Waals surface area contributed by atoms with Gasteiger partial charge in [-0.3, -0.25) is 0 Å². The summed E-state index contributed by atoms with van der Waals surface area (Å²) < 4.78 is 6.08. The van der Waals surface area contributed by atoms with Crippen LogP contribution in [-0.4, -0.2) is 40.1 Å². The number of rotatable bonds is 2. The lowest BCUT2D eigenvalue weighted by Gasteiger charge is -2.42. The molecule has 0 saturated carbocycles. The highest BCUT2D eigenvalue weighted by atomic mass is 16.5. The van der Waals surface area contributed by atoms with Crippen LogP contribution >= 0.6 is 0 Å². The second kappa shape index (κ2) is 3.57. The summed E-state index contributed by atoms with van der Waals surface area (Å²) in [5.74, 6) is 0.352. The molecule has 2 heterocycles. The lowest BCUT2D eigenvalue weighted by molar-refractivity contribution is -0.0835. The van der Waals surface area contributed by atoms with Gasteiger partial charge in [0.2, 0.25) is 0 Å². The number of aliphatic imine (C=N–C) groups is 1. The molecule has 0 radical (unpaired) electrons. The first-order valence-electron chi connectivity index (χ1n) is 6.14. The largest absolute Gasteiger partial charge is 0.385 e. The summed E-state index contributed by atoms with van der Waals surface area (Å²) in [6, 6.07) is -0.304. The van der Waals surface area contributed by atoms with Gasteiger partial charge in [-0.25, -0.2) is 4.79 Å². The quantitative estimate of drug-likeness (QED) is 0.759. The van der Waals surface area contributed by atoms with E-state index in [2.05, 4.69) is 11.6 Å². The van der Waals surface area contributed by atoms with Crippen molar-refractivity contribution in [3.05, 3.63) is 12.7 Å². The molecule has 5 nitrogen and oxygen atoms in total. The molecule has 0 aromatic carbocycles. The van der Waals surface area contributed by atoms with Crippen LogP contribution in [0.1, 0.15) is 34.1 Å². The van der Waals surface area contributed by atoms with Gasteiger partial charge in [0.1, 0.15) is 11.4 Å². The third kappa shape index (κ3) is 1.50. The van der Waals surface area contributed by atoms with Crippen LogP contribution in [0.5, 0.6) is 0 Å². The molecule has 0 bridgehead atoms. The van der Waals surface area contributed by atoms with Crippen molar-refractivity contribution in [1.29, 1.82) is 0 Å². The molecular weight excluding hydrogens is 230 g/mol. The van der Waals surface area contributed by atoms with Crippen molar-refractivity contribution in [3.8, 4) is 0 Å². The number of carbonyl (C=O) groups is 1. The fourth-order valence-corrected chi connectivity index (χ4v) is 3.38. The van der Waals surface area contributed by atoms with Crippen molar-refractivity contribution in [2.45, 2.75) is 50.9 Å². The van der Waals surface area contributed by atoms with Gasteiger partial charge in [-0.05, 0) is 27.7 Å². The second-order valence-corrected chi connectivity index (χ2v) is 6.09. The molecule has 1 atom stereocenters. The van der Waals surface area contributed by atoms with E-state index in [4.69, 9.17) is 10.5 Å². The summed E-state index contributed by atoms with van der Waals surface area (Å²) >= 11 is 0. The minimum absolute atomic E-state index is 0.304. The van der Waals surface area contributed by atoms with E-state index in [1.807, 2.05) is 27.7 Å². The summed E-state index contributed by atoms with van der Waals surface area (Å²) in [5, 5.41) is 0. The van der Waals surface area contributed by atoms with Gasteiger partial charge >= 0.3 is 6.03 Å². The average molecular weight is 251 g/mol. The molecule has 0 aromatic rings. The van der Waals surface area contributed by atoms with E-state index in [0.717, 1.165) is 0 Å². The number of amidine groups is 1. The van der Waals surface area contributed by atoms with E-state index in [9.17, 15) is 4.79 Å². The Balaban J connectivity index is 2.54. The number of hydrogen-bond donors (Lipinski definition) is 1. The highest BCUT2D eigenvalue weighted by molar-refractivity contribution is 6.07. The predicted octanol–water partition coefficient (Wildman–Crippen LogP) is 1.68. The van der Waals surface area contributed by atoms with E-state index >= 15 is 0 Å². The number of carbonyl (C=O) groups excluding carboxylic acids is 1. The normalized spacial score (nSPS) is 33.0. The van der Waals surface area contributed by atoms with Gasteiger partial charge < -0.3 is 15.4 Å². The third-order valence-electron chi connectivity index (χ3n) is 3.85. The Labute approximate surface area is 108 Å². The van der Waals surface area contributed by atoms with Crippen LogP contribution in [0.3, 0.4) is 0 Å². The molecular formula is C13H21N3O2. The van der Waals surface area contributed by atoms with E-state index in [1.165, 1.54) is 0 Å². The van der Waals surface area contributed by atoms with Crippen LogP contribution in [-0.2, 0) is 4.74 Å². The van der Waals surface area contributed by atoms with E-state index in [0.29, 0.717) is 18.8 Å². The topological polar surface area (TPSA) is 67.9 Å². The average Bonchev–Trinajstić information content (AvgIpc) is 2.52. The molecule has 18 heavy (non-hydrogen) atoms. The number of urea groups is 1. The fourth-order valence-electron chi connectivity index (χ4n) is 3.38. The first kappa shape index (κ1) is 13.1. The van der Waals surface area contributed by atoms with Gasteiger partial charge in [0.15, 0.2) is 0 Å². The fraction of sp³-hybridized carbons (Fsp3) is 0.692. The minimum Gasteiger partial charge on any atom is -0.385 e. The highest BCUT2D eigenvalue weighted by Crippen LogP contribution is 2.50. The lowest BCUT2D eigenvalue weighted by atomic mass is 9.77. The summed E-state index contributed by atoms with van der Waals surface area (Å²) in [7, 11) is 0. The molecule has 2 aliphatic heterocycles. The molecule has 1 saturated heterocycles. The third-order valence-corrected chi connectivity index (χ3v) is 3.85. The Morgan fingerprint density at radius 2 is 2.11 bits per heavy atom. The Hall–Kier alpha value is -1.36. The molecule has 2 amide bonds. The standard InChI is InChI=1S/C13H21N3O2/c1-6-7-16-10(17)15-9(14)13(16)8-11(2,3)18-12(13,4)5/h6H,1,7-8H2,2-5H3,(H2,14,15,17). The van der Waals surface area contributed by atoms with E-state index in [-0.39, 0.29) is 11.6 Å². The van der Waals surface area contributed by atoms with Crippen LogP contribution in [0.4, 0.5) is 4.79 Å². The van der Waals surface area contributed by atoms with Gasteiger partial charge in [0, 0.05) is 13.0 Å². The molecule has 5 heteroatoms. The number of nitrogens with zero attached hydrogens (tertiary/aromatic N) is 2. The molecule has 1 fully saturated rings. The predicted molar refractivity (Wildman–Crippen MR) is 70.5 cm³/mol. The molecule has 1 spiro atoms. The van der Waals surface area contributed by atoms with Gasteiger partial charge in [-0.1, -0.05) is 6.08 Å². The molecule has 2 rings (SSSR count). The Kier molecular flexibility index (Phi) is 2.59. The lowest BCUT2D eigenvalue weighted by Crippen LogP contribution is -2.63. The van der Waals surface area contributed by atoms with Crippen molar-refractivity contribution < 1.29 is 9.53 Å². The summed E-state index contributed by atoms with van der Waals surface area (Å²) in [6.45, 7) is 12.0. The molecule has 2 N–H and O–H groups in total. The molecule has 1 unspecified atom stereocenters. The van der Waals surface area contributed by atoms with Crippen LogP contribution in [0.2, 0.25) is 0 Å². The van der Waals surface area contributed by atoms with Crippen molar-refractivity contribution >= 4 is 11.9 Å². The number of hydrogen-bond acceptors (Lipinski definition) is 3. The van der Waals surface area contributed by atoms with Crippen LogP contribution in [0, 0.1) is 0 Å². The maximum absolute atomic E-state index is 12.0. The van der Waals surface area contributed by atoms with Gasteiger partial charge in [0.25, 0.3) is 0 Å². The first-order chi connectivity index (χ1) is 8.16. The van der Waals surface area contributed by atoms with Crippen LogP contribution in [0.25, 0.3) is 0 Å². The van der Waals surface area contributed by atoms with Gasteiger partial charge in [-0.2, -0.15) is 4.99 Å². The van der Waals surface area contributed by atoms with Gasteiger partial charge in [-0.15, -0.1) is 6.58 Å². The zero-order chi connectivity index (χ0) is 13.8. The summed E-state index contributed by atoms with van der Waals surface area (Å²) in [4.78, 5) is 17.6. The number of nitrogens with two attached hydrogens (primary N) is 1.